The van der Waals surface area contributed by atoms with Crippen LogP contribution < -0.4 is 20.1 Å². The summed E-state index contributed by atoms with van der Waals surface area (Å²) in [5, 5.41) is 5.50. The fourth-order valence-electron chi connectivity index (χ4n) is 4.19. The van der Waals surface area contributed by atoms with Crippen LogP contribution >= 0.6 is 0 Å². The number of carbonyl (C=O) groups is 2. The van der Waals surface area contributed by atoms with Crippen LogP contribution in [0.15, 0.2) is 54.6 Å². The van der Waals surface area contributed by atoms with Gasteiger partial charge in [0.2, 0.25) is 0 Å². The SMILES string of the molecule is O=C(NCC1COc2ccccc2O1)C(=O)NCC1(c2ccccc2)CCCC1. The Hall–Kier alpha value is -3.02. The summed E-state index contributed by atoms with van der Waals surface area (Å²) in [6.07, 6.45) is 3.98. The van der Waals surface area contributed by atoms with E-state index in [1.807, 2.05) is 42.5 Å². The number of para-hydroxylation sites is 2. The largest absolute Gasteiger partial charge is 0.486 e. The van der Waals surface area contributed by atoms with E-state index >= 15 is 0 Å². The van der Waals surface area contributed by atoms with E-state index in [4.69, 9.17) is 9.47 Å². The highest BCUT2D eigenvalue weighted by Gasteiger charge is 2.36. The molecule has 1 unspecified atom stereocenters. The minimum absolute atomic E-state index is 0.0821. The Morgan fingerprint density at radius 2 is 1.55 bits per heavy atom. The number of nitrogens with one attached hydrogen (secondary N) is 2. The highest BCUT2D eigenvalue weighted by atomic mass is 16.6. The highest BCUT2D eigenvalue weighted by Crippen LogP contribution is 2.40. The molecule has 1 aliphatic carbocycles. The average molecular weight is 394 g/mol. The summed E-state index contributed by atoms with van der Waals surface area (Å²) in [5.74, 6) is 0.0853. The van der Waals surface area contributed by atoms with Gasteiger partial charge in [-0.05, 0) is 30.5 Å². The predicted octanol–water partition coefficient (Wildman–Crippen LogP) is 2.57. The first-order valence-electron chi connectivity index (χ1n) is 10.2. The molecular formula is C23H26N2O4. The molecule has 0 bridgehead atoms. The highest BCUT2D eigenvalue weighted by molar-refractivity contribution is 6.35. The molecule has 29 heavy (non-hydrogen) atoms. The molecule has 1 aliphatic heterocycles. The lowest BCUT2D eigenvalue weighted by atomic mass is 9.79. The van der Waals surface area contributed by atoms with Crippen LogP contribution in [-0.2, 0) is 15.0 Å². The Labute approximate surface area is 170 Å². The summed E-state index contributed by atoms with van der Waals surface area (Å²) < 4.78 is 11.4. The van der Waals surface area contributed by atoms with Crippen LogP contribution in [0.4, 0.5) is 0 Å². The van der Waals surface area contributed by atoms with Crippen molar-refractivity contribution in [1.29, 1.82) is 0 Å². The van der Waals surface area contributed by atoms with E-state index in [-0.39, 0.29) is 18.1 Å². The number of fused-ring (bicyclic) bond motifs is 1. The molecule has 0 radical (unpaired) electrons. The molecule has 152 valence electrons. The molecule has 1 saturated carbocycles. The van der Waals surface area contributed by atoms with Crippen molar-refractivity contribution in [2.45, 2.75) is 37.2 Å². The Balaban J connectivity index is 1.28. The van der Waals surface area contributed by atoms with Gasteiger partial charge in [0.1, 0.15) is 12.7 Å². The number of amides is 2. The molecule has 6 heteroatoms. The first-order valence-corrected chi connectivity index (χ1v) is 10.2. The van der Waals surface area contributed by atoms with Crippen LogP contribution in [0.3, 0.4) is 0 Å². The Bertz CT molecular complexity index is 862. The third-order valence-electron chi connectivity index (χ3n) is 5.80. The average Bonchev–Trinajstić information content (AvgIpc) is 3.26. The Morgan fingerprint density at radius 3 is 2.31 bits per heavy atom. The minimum atomic E-state index is -0.645. The normalized spacial score (nSPS) is 19.4. The third kappa shape index (κ3) is 4.36. The first kappa shape index (κ1) is 19.3. The van der Waals surface area contributed by atoms with Crippen LogP contribution in [0, 0.1) is 0 Å². The summed E-state index contributed by atoms with van der Waals surface area (Å²) >= 11 is 0. The quantitative estimate of drug-likeness (QED) is 0.765. The number of rotatable bonds is 5. The van der Waals surface area contributed by atoms with Crippen molar-refractivity contribution in [3.8, 4) is 11.5 Å². The summed E-state index contributed by atoms with van der Waals surface area (Å²) in [6, 6.07) is 17.6. The summed E-state index contributed by atoms with van der Waals surface area (Å²) in [4.78, 5) is 24.6. The van der Waals surface area contributed by atoms with Gasteiger partial charge in [0.05, 0.1) is 6.54 Å². The van der Waals surface area contributed by atoms with Gasteiger partial charge < -0.3 is 20.1 Å². The Kier molecular flexibility index (Phi) is 5.69. The summed E-state index contributed by atoms with van der Waals surface area (Å²) in [6.45, 7) is 1.01. The van der Waals surface area contributed by atoms with Gasteiger partial charge in [0, 0.05) is 12.0 Å². The maximum absolute atomic E-state index is 12.3. The van der Waals surface area contributed by atoms with Crippen LogP contribution in [-0.4, -0.2) is 37.6 Å². The lowest BCUT2D eigenvalue weighted by Gasteiger charge is -2.30. The monoisotopic (exact) mass is 394 g/mol. The fraction of sp³-hybridized carbons (Fsp3) is 0.391. The van der Waals surface area contributed by atoms with Gasteiger partial charge in [0.15, 0.2) is 11.5 Å². The molecule has 0 spiro atoms. The van der Waals surface area contributed by atoms with Crippen molar-refractivity contribution in [2.75, 3.05) is 19.7 Å². The molecule has 2 aromatic carbocycles. The number of benzene rings is 2. The van der Waals surface area contributed by atoms with E-state index in [0.29, 0.717) is 24.7 Å². The van der Waals surface area contributed by atoms with Crippen molar-refractivity contribution >= 4 is 11.8 Å². The fourth-order valence-corrected chi connectivity index (χ4v) is 4.19. The molecule has 1 atom stereocenters. The maximum Gasteiger partial charge on any atom is 0.309 e. The predicted molar refractivity (Wildman–Crippen MR) is 109 cm³/mol. The summed E-state index contributed by atoms with van der Waals surface area (Å²) in [7, 11) is 0. The van der Waals surface area contributed by atoms with Gasteiger partial charge in [-0.15, -0.1) is 0 Å². The lowest BCUT2D eigenvalue weighted by molar-refractivity contribution is -0.139. The van der Waals surface area contributed by atoms with Crippen molar-refractivity contribution < 1.29 is 19.1 Å². The molecule has 2 amide bonds. The second kappa shape index (κ2) is 8.55. The van der Waals surface area contributed by atoms with Crippen molar-refractivity contribution in [2.24, 2.45) is 0 Å². The van der Waals surface area contributed by atoms with Gasteiger partial charge in [-0.1, -0.05) is 55.3 Å². The van der Waals surface area contributed by atoms with Gasteiger partial charge >= 0.3 is 11.8 Å². The molecule has 0 saturated heterocycles. The lowest BCUT2D eigenvalue weighted by Crippen LogP contribution is -2.48. The van der Waals surface area contributed by atoms with Gasteiger partial charge in [0.25, 0.3) is 0 Å². The zero-order valence-electron chi connectivity index (χ0n) is 16.4. The van der Waals surface area contributed by atoms with Crippen molar-refractivity contribution in [3.05, 3.63) is 60.2 Å². The smallest absolute Gasteiger partial charge is 0.309 e. The van der Waals surface area contributed by atoms with Gasteiger partial charge in [-0.3, -0.25) is 9.59 Å². The van der Waals surface area contributed by atoms with Gasteiger partial charge in [-0.25, -0.2) is 0 Å². The van der Waals surface area contributed by atoms with Gasteiger partial charge in [-0.2, -0.15) is 0 Å². The standard InChI is InChI=1S/C23H26N2O4/c26-21(24-14-18-15-28-19-10-4-5-11-20(19)29-18)22(27)25-16-23(12-6-7-13-23)17-8-2-1-3-9-17/h1-5,8-11,18H,6-7,12-16H2,(H,24,26)(H,25,27). The molecule has 2 aromatic rings. The number of hydrogen-bond acceptors (Lipinski definition) is 4. The van der Waals surface area contributed by atoms with E-state index < -0.39 is 11.8 Å². The van der Waals surface area contributed by atoms with Crippen LogP contribution in [0.5, 0.6) is 11.5 Å². The number of hydrogen-bond donors (Lipinski definition) is 2. The molecule has 6 nitrogen and oxygen atoms in total. The van der Waals surface area contributed by atoms with Crippen LogP contribution in [0.2, 0.25) is 0 Å². The second-order valence-corrected chi connectivity index (χ2v) is 7.74. The molecule has 1 heterocycles. The minimum Gasteiger partial charge on any atom is -0.486 e. The zero-order chi connectivity index (χ0) is 20.1. The zero-order valence-corrected chi connectivity index (χ0v) is 16.4. The molecular weight excluding hydrogens is 368 g/mol. The molecule has 4 rings (SSSR count). The van der Waals surface area contributed by atoms with Crippen LogP contribution in [0.1, 0.15) is 31.2 Å². The van der Waals surface area contributed by atoms with E-state index in [0.717, 1.165) is 25.7 Å². The van der Waals surface area contributed by atoms with Crippen molar-refractivity contribution in [3.63, 3.8) is 0 Å². The third-order valence-corrected chi connectivity index (χ3v) is 5.80. The van der Waals surface area contributed by atoms with E-state index in [1.165, 1.54) is 5.56 Å². The van der Waals surface area contributed by atoms with E-state index in [2.05, 4.69) is 22.8 Å². The second-order valence-electron chi connectivity index (χ2n) is 7.74. The molecule has 0 aromatic heterocycles. The summed E-state index contributed by atoms with van der Waals surface area (Å²) in [5.41, 5.74) is 1.14. The van der Waals surface area contributed by atoms with E-state index in [9.17, 15) is 9.59 Å². The Morgan fingerprint density at radius 1 is 0.897 bits per heavy atom. The van der Waals surface area contributed by atoms with Crippen molar-refractivity contribution in [1.82, 2.24) is 10.6 Å². The van der Waals surface area contributed by atoms with Crippen LogP contribution in [0.25, 0.3) is 0 Å². The maximum atomic E-state index is 12.3. The topological polar surface area (TPSA) is 76.7 Å². The first-order chi connectivity index (χ1) is 14.2. The molecule has 2 N–H and O–H groups in total. The number of ether oxygens (including phenoxy) is 2. The number of carbonyl (C=O) groups excluding carboxylic acids is 2. The molecule has 1 fully saturated rings. The van der Waals surface area contributed by atoms with E-state index in [1.54, 1.807) is 0 Å². The molecule has 2 aliphatic rings.